The Hall–Kier alpha value is -0.730. The zero-order valence-electron chi connectivity index (χ0n) is 7.63. The second-order valence-electron chi connectivity index (χ2n) is 3.21. The molecule has 2 aromatic rings. The molecule has 66 valence electrons. The van der Waals surface area contributed by atoms with Gasteiger partial charge in [0, 0.05) is 4.70 Å². The van der Waals surface area contributed by atoms with E-state index in [0.717, 1.165) is 3.82 Å². The molecule has 0 aliphatic heterocycles. The smallest absolute Gasteiger partial charge is 0.0934 e. The van der Waals surface area contributed by atoms with Gasteiger partial charge in [-0.1, -0.05) is 30.4 Å². The summed E-state index contributed by atoms with van der Waals surface area (Å²) in [6.45, 7) is 4.20. The lowest BCUT2D eigenvalue weighted by molar-refractivity contribution is 1.51. The third-order valence-corrected chi connectivity index (χ3v) is 3.97. The van der Waals surface area contributed by atoms with Crippen LogP contribution >= 0.6 is 23.6 Å². The predicted octanol–water partition coefficient (Wildman–Crippen LogP) is 4.25. The molecule has 0 aliphatic rings. The zero-order valence-corrected chi connectivity index (χ0v) is 9.26. The van der Waals surface area contributed by atoms with E-state index in [9.17, 15) is 0 Å². The maximum atomic E-state index is 5.26. The molecule has 0 N–H and O–H groups in total. The van der Waals surface area contributed by atoms with E-state index in [1.807, 2.05) is 0 Å². The highest BCUT2D eigenvalue weighted by molar-refractivity contribution is 7.73. The second kappa shape index (κ2) is 3.20. The summed E-state index contributed by atoms with van der Waals surface area (Å²) < 4.78 is 2.32. The van der Waals surface area contributed by atoms with E-state index < -0.39 is 0 Å². The Kier molecular flexibility index (Phi) is 2.18. The van der Waals surface area contributed by atoms with Crippen LogP contribution in [0, 0.1) is 17.7 Å². The van der Waals surface area contributed by atoms with Crippen molar-refractivity contribution in [3.8, 4) is 0 Å². The van der Waals surface area contributed by atoms with E-state index in [0.29, 0.717) is 0 Å². The fourth-order valence-corrected chi connectivity index (χ4v) is 2.58. The van der Waals surface area contributed by atoms with Crippen LogP contribution in [-0.2, 0) is 0 Å². The monoisotopic (exact) mass is 206 g/mol. The Balaban J connectivity index is 2.97. The SMILES string of the molecule is Cc1cc2cccc(C)c2sc1=S. The lowest BCUT2D eigenvalue weighted by atomic mass is 10.1. The molecule has 2 rings (SSSR count). The lowest BCUT2D eigenvalue weighted by Crippen LogP contribution is -1.77. The average molecular weight is 206 g/mol. The summed E-state index contributed by atoms with van der Waals surface area (Å²) in [6, 6.07) is 8.53. The van der Waals surface area contributed by atoms with E-state index in [1.54, 1.807) is 11.3 Å². The van der Waals surface area contributed by atoms with Crippen LogP contribution in [0.1, 0.15) is 11.1 Å². The first-order valence-electron chi connectivity index (χ1n) is 4.18. The van der Waals surface area contributed by atoms with Crippen LogP contribution in [0.15, 0.2) is 24.3 Å². The molecule has 0 radical (unpaired) electrons. The van der Waals surface area contributed by atoms with Crippen LogP contribution < -0.4 is 0 Å². The lowest BCUT2D eigenvalue weighted by Gasteiger charge is -2.01. The first kappa shape index (κ1) is 8.85. The molecule has 1 aromatic carbocycles. The number of benzene rings is 1. The Morgan fingerprint density at radius 1 is 1.15 bits per heavy atom. The minimum atomic E-state index is 1.00. The number of hydrogen-bond donors (Lipinski definition) is 0. The molecule has 0 nitrogen and oxygen atoms in total. The Morgan fingerprint density at radius 2 is 1.92 bits per heavy atom. The van der Waals surface area contributed by atoms with Gasteiger partial charge in [-0.15, -0.1) is 11.3 Å². The predicted molar refractivity (Wildman–Crippen MR) is 62.1 cm³/mol. The summed E-state index contributed by atoms with van der Waals surface area (Å²) in [5.74, 6) is 0. The van der Waals surface area contributed by atoms with Crippen molar-refractivity contribution < 1.29 is 0 Å². The van der Waals surface area contributed by atoms with Crippen LogP contribution in [0.3, 0.4) is 0 Å². The van der Waals surface area contributed by atoms with E-state index in [2.05, 4.69) is 38.1 Å². The molecule has 0 spiro atoms. The van der Waals surface area contributed by atoms with Gasteiger partial charge in [0.2, 0.25) is 0 Å². The molecule has 0 aliphatic carbocycles. The van der Waals surface area contributed by atoms with Crippen molar-refractivity contribution in [2.75, 3.05) is 0 Å². The zero-order chi connectivity index (χ0) is 9.42. The van der Waals surface area contributed by atoms with Gasteiger partial charge in [-0.2, -0.15) is 0 Å². The first-order chi connectivity index (χ1) is 6.18. The van der Waals surface area contributed by atoms with Gasteiger partial charge < -0.3 is 0 Å². The number of hydrogen-bond acceptors (Lipinski definition) is 2. The van der Waals surface area contributed by atoms with Gasteiger partial charge in [-0.3, -0.25) is 0 Å². The van der Waals surface area contributed by atoms with Gasteiger partial charge in [0.05, 0.1) is 3.82 Å². The van der Waals surface area contributed by atoms with Crippen molar-refractivity contribution >= 4 is 33.6 Å². The molecule has 0 saturated heterocycles. The Bertz CT molecular complexity index is 509. The molecule has 0 fully saturated rings. The Labute approximate surface area is 86.9 Å². The van der Waals surface area contributed by atoms with Crippen molar-refractivity contribution in [3.63, 3.8) is 0 Å². The van der Waals surface area contributed by atoms with Crippen molar-refractivity contribution in [1.82, 2.24) is 0 Å². The maximum Gasteiger partial charge on any atom is 0.0934 e. The highest BCUT2D eigenvalue weighted by atomic mass is 32.1. The fraction of sp³-hybridized carbons (Fsp3) is 0.182. The summed E-state index contributed by atoms with van der Waals surface area (Å²) in [4.78, 5) is 0. The first-order valence-corrected chi connectivity index (χ1v) is 5.41. The highest BCUT2D eigenvalue weighted by Gasteiger charge is 1.98. The van der Waals surface area contributed by atoms with E-state index in [4.69, 9.17) is 12.2 Å². The minimum absolute atomic E-state index is 1.00. The van der Waals surface area contributed by atoms with Gasteiger partial charge in [0.15, 0.2) is 0 Å². The number of aryl methyl sites for hydroxylation is 2. The molecule has 2 heteroatoms. The quantitative estimate of drug-likeness (QED) is 0.581. The molecule has 0 atom stereocenters. The third-order valence-electron chi connectivity index (χ3n) is 2.13. The van der Waals surface area contributed by atoms with E-state index in [1.165, 1.54) is 21.2 Å². The third kappa shape index (κ3) is 1.52. The second-order valence-corrected chi connectivity index (χ2v) is 4.90. The van der Waals surface area contributed by atoms with Crippen molar-refractivity contribution in [2.45, 2.75) is 13.8 Å². The van der Waals surface area contributed by atoms with Crippen LogP contribution in [-0.4, -0.2) is 0 Å². The fourth-order valence-electron chi connectivity index (χ4n) is 1.39. The average Bonchev–Trinajstić information content (AvgIpc) is 2.09. The normalized spacial score (nSPS) is 10.6. The molecule has 0 saturated carbocycles. The number of rotatable bonds is 0. The van der Waals surface area contributed by atoms with Crippen LogP contribution in [0.5, 0.6) is 0 Å². The molecule has 1 aromatic heterocycles. The van der Waals surface area contributed by atoms with Gasteiger partial charge >= 0.3 is 0 Å². The minimum Gasteiger partial charge on any atom is -0.123 e. The largest absolute Gasteiger partial charge is 0.123 e. The Morgan fingerprint density at radius 3 is 2.69 bits per heavy atom. The molecule has 1 heterocycles. The summed E-state index contributed by atoms with van der Waals surface area (Å²) in [5, 5.41) is 1.30. The van der Waals surface area contributed by atoms with Gasteiger partial charge in [-0.25, -0.2) is 0 Å². The summed E-state index contributed by atoms with van der Waals surface area (Å²) in [6.07, 6.45) is 0. The summed E-state index contributed by atoms with van der Waals surface area (Å²) in [5.41, 5.74) is 2.52. The molecule has 0 unspecified atom stereocenters. The van der Waals surface area contributed by atoms with Crippen molar-refractivity contribution in [3.05, 3.63) is 39.2 Å². The standard InChI is InChI=1S/C11H10S2/c1-7-4-3-5-9-6-8(2)11(12)13-10(7)9/h3-6H,1-2H3. The van der Waals surface area contributed by atoms with Crippen molar-refractivity contribution in [1.29, 1.82) is 0 Å². The molecular weight excluding hydrogens is 196 g/mol. The van der Waals surface area contributed by atoms with Gasteiger partial charge in [0.1, 0.15) is 0 Å². The van der Waals surface area contributed by atoms with E-state index >= 15 is 0 Å². The number of fused-ring (bicyclic) bond motifs is 1. The molecule has 13 heavy (non-hydrogen) atoms. The highest BCUT2D eigenvalue weighted by Crippen LogP contribution is 2.25. The van der Waals surface area contributed by atoms with Crippen LogP contribution in [0.25, 0.3) is 10.1 Å². The van der Waals surface area contributed by atoms with Crippen LogP contribution in [0.4, 0.5) is 0 Å². The summed E-state index contributed by atoms with van der Waals surface area (Å²) >= 11 is 6.97. The molecule has 0 amide bonds. The summed E-state index contributed by atoms with van der Waals surface area (Å²) in [7, 11) is 0. The van der Waals surface area contributed by atoms with Crippen LogP contribution in [0.2, 0.25) is 0 Å². The van der Waals surface area contributed by atoms with Crippen molar-refractivity contribution in [2.24, 2.45) is 0 Å². The molecule has 0 bridgehead atoms. The van der Waals surface area contributed by atoms with Gasteiger partial charge in [0.25, 0.3) is 0 Å². The topological polar surface area (TPSA) is 0 Å². The maximum absolute atomic E-state index is 5.26. The van der Waals surface area contributed by atoms with E-state index in [-0.39, 0.29) is 0 Å². The molecular formula is C11H10S2. The van der Waals surface area contributed by atoms with Gasteiger partial charge in [-0.05, 0) is 36.4 Å².